The summed E-state index contributed by atoms with van der Waals surface area (Å²) in [7, 11) is 0. The molecule has 22 heavy (non-hydrogen) atoms. The number of ketones is 1. The molecule has 0 radical (unpaired) electrons. The van der Waals surface area contributed by atoms with Crippen molar-refractivity contribution in [2.45, 2.75) is 38.5 Å². The second-order valence-corrected chi connectivity index (χ2v) is 6.93. The minimum atomic E-state index is -0.418. The van der Waals surface area contributed by atoms with Crippen LogP contribution in [-0.2, 0) is 11.2 Å². The number of benzene rings is 1. The summed E-state index contributed by atoms with van der Waals surface area (Å²) in [6.45, 7) is 2.02. The van der Waals surface area contributed by atoms with Crippen molar-refractivity contribution in [2.24, 2.45) is 16.5 Å². The van der Waals surface area contributed by atoms with Crippen LogP contribution in [0.2, 0.25) is 0 Å². The number of hydrogen-bond donors (Lipinski definition) is 2. The van der Waals surface area contributed by atoms with Crippen LogP contribution in [0, 0.1) is 11.3 Å². The lowest BCUT2D eigenvalue weighted by molar-refractivity contribution is -0.122. The van der Waals surface area contributed by atoms with E-state index in [0.29, 0.717) is 23.8 Å². The molecule has 0 unspecified atom stereocenters. The van der Waals surface area contributed by atoms with Gasteiger partial charge in [-0.25, -0.2) is 0 Å². The van der Waals surface area contributed by atoms with E-state index >= 15 is 0 Å². The Morgan fingerprint density at radius 1 is 1.36 bits per heavy atom. The van der Waals surface area contributed by atoms with Gasteiger partial charge in [-0.2, -0.15) is 0 Å². The minimum absolute atomic E-state index is 0.0100. The van der Waals surface area contributed by atoms with Crippen LogP contribution in [0.15, 0.2) is 35.0 Å². The maximum atomic E-state index is 12.5. The molecule has 2 N–H and O–H groups in total. The molecule has 0 aliphatic heterocycles. The molecule has 0 spiro atoms. The average molecular weight is 297 g/mol. The number of nitrogens with zero attached hydrogens (tertiary/aromatic N) is 1. The third-order valence-corrected chi connectivity index (χ3v) is 5.88. The zero-order valence-corrected chi connectivity index (χ0v) is 12.5. The number of rotatable bonds is 0. The number of fused-ring (bicyclic) bond motifs is 5. The van der Waals surface area contributed by atoms with E-state index in [-0.39, 0.29) is 11.7 Å². The zero-order valence-electron chi connectivity index (χ0n) is 12.5. The molecular weight excluding hydrogens is 278 g/mol. The standard InChI is InChI=1S/C18H19NO3/c1-18-7-6-13-12-5-3-11(20)8-10(12)2-4-14(13)15(18)9-16(19-22)17(18)21/h3-5,8,13,15,20,22H,2,6-7,9H2,1H3/b19-16+/t13-,15+,18+/m1/s1. The smallest absolute Gasteiger partial charge is 0.186 e. The fraction of sp³-hybridized carbons (Fsp3) is 0.444. The van der Waals surface area contributed by atoms with Gasteiger partial charge in [0.15, 0.2) is 5.78 Å². The van der Waals surface area contributed by atoms with Crippen LogP contribution in [0.5, 0.6) is 5.75 Å². The molecule has 3 atom stereocenters. The van der Waals surface area contributed by atoms with E-state index in [9.17, 15) is 9.90 Å². The van der Waals surface area contributed by atoms with Crippen molar-refractivity contribution in [3.63, 3.8) is 0 Å². The molecule has 1 aromatic carbocycles. The van der Waals surface area contributed by atoms with Crippen LogP contribution in [0.25, 0.3) is 0 Å². The van der Waals surface area contributed by atoms with Gasteiger partial charge in [0.25, 0.3) is 0 Å². The third kappa shape index (κ3) is 1.64. The Balaban J connectivity index is 1.78. The molecule has 3 aliphatic rings. The fourth-order valence-electron chi connectivity index (χ4n) is 4.67. The summed E-state index contributed by atoms with van der Waals surface area (Å²) >= 11 is 0. The molecule has 2 fully saturated rings. The molecule has 0 aromatic heterocycles. The summed E-state index contributed by atoms with van der Waals surface area (Å²) in [5.41, 5.74) is 3.68. The van der Waals surface area contributed by atoms with E-state index in [1.807, 2.05) is 19.1 Å². The molecule has 4 rings (SSSR count). The highest BCUT2D eigenvalue weighted by Crippen LogP contribution is 2.57. The van der Waals surface area contributed by atoms with Crippen LogP contribution in [0.1, 0.15) is 43.2 Å². The lowest BCUT2D eigenvalue weighted by Crippen LogP contribution is -2.37. The first-order valence-corrected chi connectivity index (χ1v) is 7.82. The Hall–Kier alpha value is -2.10. The van der Waals surface area contributed by atoms with Crippen molar-refractivity contribution in [3.05, 3.63) is 41.0 Å². The number of oxime groups is 1. The van der Waals surface area contributed by atoms with Crippen molar-refractivity contribution in [2.75, 3.05) is 0 Å². The van der Waals surface area contributed by atoms with Gasteiger partial charge in [0, 0.05) is 17.8 Å². The number of carbonyl (C=O) groups excluding carboxylic acids is 1. The van der Waals surface area contributed by atoms with E-state index in [1.165, 1.54) is 16.7 Å². The molecule has 0 saturated heterocycles. The van der Waals surface area contributed by atoms with E-state index in [1.54, 1.807) is 6.07 Å². The number of phenols is 1. The third-order valence-electron chi connectivity index (χ3n) is 5.88. The highest BCUT2D eigenvalue weighted by Gasteiger charge is 2.55. The van der Waals surface area contributed by atoms with E-state index < -0.39 is 5.41 Å². The zero-order chi connectivity index (χ0) is 15.5. The summed E-state index contributed by atoms with van der Waals surface area (Å²) in [5.74, 6) is 0.790. The maximum absolute atomic E-state index is 12.5. The lowest BCUT2D eigenvalue weighted by Gasteiger charge is -2.43. The van der Waals surface area contributed by atoms with Gasteiger partial charge in [-0.3, -0.25) is 4.79 Å². The van der Waals surface area contributed by atoms with Gasteiger partial charge in [-0.1, -0.05) is 29.8 Å². The molecule has 0 amide bonds. The van der Waals surface area contributed by atoms with Crippen molar-refractivity contribution in [3.8, 4) is 5.75 Å². The Morgan fingerprint density at radius 2 is 2.18 bits per heavy atom. The van der Waals surface area contributed by atoms with Crippen LogP contribution >= 0.6 is 0 Å². The Labute approximate surface area is 129 Å². The van der Waals surface area contributed by atoms with Crippen molar-refractivity contribution >= 4 is 11.5 Å². The predicted molar refractivity (Wildman–Crippen MR) is 82.3 cm³/mol. The van der Waals surface area contributed by atoms with Gasteiger partial charge in [0.05, 0.1) is 0 Å². The number of phenolic OH excluding ortho intramolecular Hbond substituents is 1. The Morgan fingerprint density at radius 3 is 2.95 bits per heavy atom. The minimum Gasteiger partial charge on any atom is -0.508 e. The molecule has 0 heterocycles. The fourth-order valence-corrected chi connectivity index (χ4v) is 4.67. The van der Waals surface area contributed by atoms with Crippen molar-refractivity contribution in [1.29, 1.82) is 0 Å². The number of aromatic hydroxyl groups is 1. The summed E-state index contributed by atoms with van der Waals surface area (Å²) in [6.07, 6.45) is 5.31. The monoisotopic (exact) mass is 297 g/mol. The summed E-state index contributed by atoms with van der Waals surface area (Å²) in [4.78, 5) is 12.5. The molecule has 114 valence electrons. The molecular formula is C18H19NO3. The summed E-state index contributed by atoms with van der Waals surface area (Å²) in [6, 6.07) is 5.61. The maximum Gasteiger partial charge on any atom is 0.186 e. The molecule has 1 aromatic rings. The Bertz CT molecular complexity index is 734. The van der Waals surface area contributed by atoms with Crippen LogP contribution in [-0.4, -0.2) is 21.8 Å². The first-order valence-electron chi connectivity index (χ1n) is 7.82. The normalized spacial score (nSPS) is 34.9. The Kier molecular flexibility index (Phi) is 2.74. The van der Waals surface area contributed by atoms with Crippen LogP contribution < -0.4 is 0 Å². The largest absolute Gasteiger partial charge is 0.508 e. The topological polar surface area (TPSA) is 69.9 Å². The van der Waals surface area contributed by atoms with Gasteiger partial charge >= 0.3 is 0 Å². The van der Waals surface area contributed by atoms with Crippen LogP contribution in [0.3, 0.4) is 0 Å². The SMILES string of the molecule is C[C@]12CC[C@H]3C(=CCc4cc(O)ccc43)[C@@H]1C/C(=N\O)C2=O. The average Bonchev–Trinajstić information content (AvgIpc) is 2.78. The van der Waals surface area contributed by atoms with Gasteiger partial charge in [-0.15, -0.1) is 0 Å². The molecule has 0 bridgehead atoms. The first-order chi connectivity index (χ1) is 10.5. The van der Waals surface area contributed by atoms with Crippen LogP contribution in [0.4, 0.5) is 0 Å². The molecule has 2 saturated carbocycles. The van der Waals surface area contributed by atoms with E-state index in [2.05, 4.69) is 11.2 Å². The van der Waals surface area contributed by atoms with Gasteiger partial charge in [-0.05, 0) is 48.4 Å². The second kappa shape index (κ2) is 4.45. The number of Topliss-reactive ketones (excluding diaryl/α,β-unsaturated/α-hetero) is 1. The molecule has 4 nitrogen and oxygen atoms in total. The van der Waals surface area contributed by atoms with Crippen molar-refractivity contribution in [1.82, 2.24) is 0 Å². The number of hydrogen-bond acceptors (Lipinski definition) is 4. The summed E-state index contributed by atoms with van der Waals surface area (Å²) < 4.78 is 0. The quantitative estimate of drug-likeness (QED) is 0.439. The number of carbonyl (C=O) groups is 1. The highest BCUT2D eigenvalue weighted by molar-refractivity contribution is 6.43. The van der Waals surface area contributed by atoms with E-state index in [4.69, 9.17) is 5.21 Å². The number of allylic oxidation sites excluding steroid dienone is 2. The molecule has 3 aliphatic carbocycles. The first kappa shape index (κ1) is 13.6. The second-order valence-electron chi connectivity index (χ2n) is 6.93. The summed E-state index contributed by atoms with van der Waals surface area (Å²) in [5, 5.41) is 22.0. The predicted octanol–water partition coefficient (Wildman–Crippen LogP) is 3.18. The molecule has 4 heteroatoms. The van der Waals surface area contributed by atoms with Gasteiger partial charge in [0.2, 0.25) is 0 Å². The lowest BCUT2D eigenvalue weighted by atomic mass is 9.60. The highest BCUT2D eigenvalue weighted by atomic mass is 16.4. The van der Waals surface area contributed by atoms with Crippen molar-refractivity contribution < 1.29 is 15.1 Å². The van der Waals surface area contributed by atoms with Gasteiger partial charge < -0.3 is 10.3 Å². The van der Waals surface area contributed by atoms with Gasteiger partial charge in [0.1, 0.15) is 11.5 Å². The van der Waals surface area contributed by atoms with E-state index in [0.717, 1.165) is 19.3 Å².